The molecule has 2 heterocycles. The van der Waals surface area contributed by atoms with Gasteiger partial charge in [-0.1, -0.05) is 18.2 Å². The highest BCUT2D eigenvalue weighted by atomic mass is 35.5. The van der Waals surface area contributed by atoms with Crippen LogP contribution in [0, 0.1) is 5.92 Å². The van der Waals surface area contributed by atoms with Crippen molar-refractivity contribution in [2.75, 3.05) is 23.7 Å². The van der Waals surface area contributed by atoms with Crippen molar-refractivity contribution in [2.24, 2.45) is 5.92 Å². The van der Waals surface area contributed by atoms with Gasteiger partial charge in [0.2, 0.25) is 11.8 Å². The average Bonchev–Trinajstić information content (AvgIpc) is 3.10. The van der Waals surface area contributed by atoms with Crippen LogP contribution in [0.3, 0.4) is 0 Å². The van der Waals surface area contributed by atoms with Gasteiger partial charge in [0.25, 0.3) is 0 Å². The number of thiazole rings is 1. The third-order valence-electron chi connectivity index (χ3n) is 4.42. The molecule has 2 aromatic rings. The van der Waals surface area contributed by atoms with E-state index in [1.165, 1.54) is 17.4 Å². The van der Waals surface area contributed by atoms with Gasteiger partial charge in [-0.05, 0) is 56.3 Å². The number of carbonyl (C=O) groups is 2. The summed E-state index contributed by atoms with van der Waals surface area (Å²) in [6.45, 7) is 5.90. The van der Waals surface area contributed by atoms with Gasteiger partial charge in [0, 0.05) is 34.2 Å². The molecule has 8 heteroatoms. The number of carbonyl (C=O) groups excluding carboxylic acids is 2. The number of hydrogen-bond acceptors (Lipinski definition) is 5. The minimum absolute atomic E-state index is 0.0147. The Kier molecular flexibility index (Phi) is 6.60. The van der Waals surface area contributed by atoms with Crippen molar-refractivity contribution in [3.63, 3.8) is 0 Å². The molecule has 27 heavy (non-hydrogen) atoms. The Morgan fingerprint density at radius 1 is 1.26 bits per heavy atom. The molecule has 6 nitrogen and oxygen atoms in total. The van der Waals surface area contributed by atoms with Crippen LogP contribution in [0.25, 0.3) is 0 Å². The first kappa shape index (κ1) is 19.5. The van der Waals surface area contributed by atoms with Crippen LogP contribution in [0.1, 0.15) is 17.7 Å². The van der Waals surface area contributed by atoms with Crippen molar-refractivity contribution in [1.29, 1.82) is 0 Å². The van der Waals surface area contributed by atoms with E-state index >= 15 is 0 Å². The van der Waals surface area contributed by atoms with Crippen LogP contribution in [0.4, 0.5) is 10.8 Å². The molecule has 2 N–H and O–H groups in total. The average molecular weight is 405 g/mol. The third-order valence-corrected chi connectivity index (χ3v) is 5.57. The Bertz CT molecular complexity index is 813. The summed E-state index contributed by atoms with van der Waals surface area (Å²) in [5.74, 6) is -0.187. The molecule has 0 unspecified atom stereocenters. The van der Waals surface area contributed by atoms with E-state index in [0.29, 0.717) is 10.2 Å². The van der Waals surface area contributed by atoms with E-state index in [2.05, 4.69) is 27.1 Å². The van der Waals surface area contributed by atoms with Gasteiger partial charge in [0.15, 0.2) is 5.13 Å². The van der Waals surface area contributed by atoms with Gasteiger partial charge in [-0.15, -0.1) is 11.3 Å². The second-order valence-electron chi connectivity index (χ2n) is 6.37. The van der Waals surface area contributed by atoms with Crippen LogP contribution in [0.5, 0.6) is 0 Å². The molecule has 1 fully saturated rings. The smallest absolute Gasteiger partial charge is 0.249 e. The monoisotopic (exact) mass is 404 g/mol. The molecule has 1 saturated heterocycles. The topological polar surface area (TPSA) is 74.3 Å². The summed E-state index contributed by atoms with van der Waals surface area (Å²) in [6.07, 6.45) is 4.64. The summed E-state index contributed by atoms with van der Waals surface area (Å²) in [7, 11) is 0. The van der Waals surface area contributed by atoms with E-state index in [-0.39, 0.29) is 17.7 Å². The lowest BCUT2D eigenvalue weighted by molar-refractivity contribution is -0.121. The number of halogens is 1. The van der Waals surface area contributed by atoms with Crippen LogP contribution in [-0.2, 0) is 16.1 Å². The van der Waals surface area contributed by atoms with Crippen LogP contribution in [-0.4, -0.2) is 34.8 Å². The molecule has 1 aliphatic rings. The Balaban J connectivity index is 1.46. The van der Waals surface area contributed by atoms with Gasteiger partial charge in [-0.3, -0.25) is 19.8 Å². The first-order valence-electron chi connectivity index (χ1n) is 8.70. The molecule has 0 atom stereocenters. The second kappa shape index (κ2) is 9.12. The first-order chi connectivity index (χ1) is 13.0. The lowest BCUT2D eigenvalue weighted by Crippen LogP contribution is -2.37. The van der Waals surface area contributed by atoms with Crippen LogP contribution >= 0.6 is 22.9 Å². The standard InChI is InChI=1S/C19H21ClN4O2S/c1-2-17(25)23-19-21-11-16(27-19)12-24-9-7-13(8-10-24)18(26)22-15-5-3-14(20)4-6-15/h2-6,11,13H,1,7-10,12H2,(H,22,26)(H,21,23,25). The van der Waals surface area contributed by atoms with Crippen LogP contribution in [0.2, 0.25) is 5.02 Å². The Morgan fingerprint density at radius 2 is 1.96 bits per heavy atom. The maximum atomic E-state index is 12.4. The summed E-state index contributed by atoms with van der Waals surface area (Å²) in [5.41, 5.74) is 0.769. The molecule has 0 spiro atoms. The number of piperidine rings is 1. The maximum absolute atomic E-state index is 12.4. The van der Waals surface area contributed by atoms with Crippen molar-refractivity contribution in [1.82, 2.24) is 9.88 Å². The fourth-order valence-corrected chi connectivity index (χ4v) is 3.93. The molecule has 0 bridgehead atoms. The highest BCUT2D eigenvalue weighted by Crippen LogP contribution is 2.24. The van der Waals surface area contributed by atoms with Gasteiger partial charge in [-0.25, -0.2) is 4.98 Å². The predicted molar refractivity (Wildman–Crippen MR) is 109 cm³/mol. The van der Waals surface area contributed by atoms with Gasteiger partial charge in [-0.2, -0.15) is 0 Å². The molecular formula is C19H21ClN4O2S. The number of rotatable bonds is 6. The highest BCUT2D eigenvalue weighted by molar-refractivity contribution is 7.15. The largest absolute Gasteiger partial charge is 0.326 e. The summed E-state index contributed by atoms with van der Waals surface area (Å²) >= 11 is 7.32. The third kappa shape index (κ3) is 5.63. The molecule has 1 aromatic heterocycles. The second-order valence-corrected chi connectivity index (χ2v) is 7.92. The van der Waals surface area contributed by atoms with Crippen molar-refractivity contribution >= 4 is 45.6 Å². The zero-order valence-corrected chi connectivity index (χ0v) is 16.4. The lowest BCUT2D eigenvalue weighted by atomic mass is 9.96. The number of amides is 2. The van der Waals surface area contributed by atoms with Gasteiger partial charge in [0.1, 0.15) is 0 Å². The first-order valence-corrected chi connectivity index (χ1v) is 9.90. The molecule has 2 amide bonds. The lowest BCUT2D eigenvalue weighted by Gasteiger charge is -2.30. The Labute approximate surface area is 167 Å². The summed E-state index contributed by atoms with van der Waals surface area (Å²) in [6, 6.07) is 7.14. The Hall–Kier alpha value is -2.22. The van der Waals surface area contributed by atoms with Crippen molar-refractivity contribution < 1.29 is 9.59 Å². The van der Waals surface area contributed by atoms with E-state index < -0.39 is 0 Å². The fraction of sp³-hybridized carbons (Fsp3) is 0.316. The van der Waals surface area contributed by atoms with Crippen LogP contribution in [0.15, 0.2) is 43.1 Å². The predicted octanol–water partition coefficient (Wildman–Crippen LogP) is 3.77. The zero-order chi connectivity index (χ0) is 19.2. The quantitative estimate of drug-likeness (QED) is 0.718. The minimum Gasteiger partial charge on any atom is -0.326 e. The van der Waals surface area contributed by atoms with E-state index in [1.807, 2.05) is 12.1 Å². The molecule has 1 aliphatic heterocycles. The highest BCUT2D eigenvalue weighted by Gasteiger charge is 2.25. The number of benzene rings is 1. The van der Waals surface area contributed by atoms with Crippen molar-refractivity contribution in [3.05, 3.63) is 53.0 Å². The van der Waals surface area contributed by atoms with Crippen molar-refractivity contribution in [3.8, 4) is 0 Å². The zero-order valence-electron chi connectivity index (χ0n) is 14.8. The minimum atomic E-state index is -0.261. The van der Waals surface area contributed by atoms with Crippen LogP contribution < -0.4 is 10.6 Å². The fourth-order valence-electron chi connectivity index (χ4n) is 2.95. The van der Waals surface area contributed by atoms with Gasteiger partial charge >= 0.3 is 0 Å². The maximum Gasteiger partial charge on any atom is 0.249 e. The molecule has 0 aliphatic carbocycles. The van der Waals surface area contributed by atoms with E-state index in [9.17, 15) is 9.59 Å². The summed E-state index contributed by atoms with van der Waals surface area (Å²) in [5, 5.41) is 6.85. The molecule has 142 valence electrons. The molecule has 1 aromatic carbocycles. The molecule has 0 radical (unpaired) electrons. The van der Waals surface area contributed by atoms with Gasteiger partial charge in [0.05, 0.1) is 0 Å². The molecule has 0 saturated carbocycles. The number of hydrogen-bond donors (Lipinski definition) is 2. The number of aromatic nitrogens is 1. The SMILES string of the molecule is C=CC(=O)Nc1ncc(CN2CCC(C(=O)Nc3ccc(Cl)cc3)CC2)s1. The van der Waals surface area contributed by atoms with E-state index in [4.69, 9.17) is 11.6 Å². The molecular weight excluding hydrogens is 384 g/mol. The van der Waals surface area contributed by atoms with Gasteiger partial charge < -0.3 is 5.32 Å². The summed E-state index contributed by atoms with van der Waals surface area (Å²) < 4.78 is 0. The normalized spacial score (nSPS) is 15.3. The summed E-state index contributed by atoms with van der Waals surface area (Å²) in [4.78, 5) is 31.3. The van der Waals surface area contributed by atoms with Crippen molar-refractivity contribution in [2.45, 2.75) is 19.4 Å². The van der Waals surface area contributed by atoms with E-state index in [1.54, 1.807) is 18.3 Å². The molecule has 3 rings (SSSR count). The number of anilines is 2. The van der Waals surface area contributed by atoms with E-state index in [0.717, 1.165) is 43.0 Å². The Morgan fingerprint density at radius 3 is 2.63 bits per heavy atom. The number of nitrogens with zero attached hydrogens (tertiary/aromatic N) is 2. The number of likely N-dealkylation sites (tertiary alicyclic amines) is 1. The number of nitrogens with one attached hydrogen (secondary N) is 2.